The van der Waals surface area contributed by atoms with Crippen LogP contribution in [-0.2, 0) is 16.6 Å². The molecule has 0 radical (unpaired) electrons. The summed E-state index contributed by atoms with van der Waals surface area (Å²) < 4.78 is 2.85. The van der Waals surface area contributed by atoms with E-state index in [1.807, 2.05) is 36.0 Å². The van der Waals surface area contributed by atoms with Crippen LogP contribution < -0.4 is 11.1 Å². The van der Waals surface area contributed by atoms with E-state index in [1.54, 1.807) is 24.3 Å². The third-order valence-electron chi connectivity index (χ3n) is 4.33. The summed E-state index contributed by atoms with van der Waals surface area (Å²) in [5, 5.41) is 3.31. The Bertz CT molecular complexity index is 1100. The molecule has 5 nitrogen and oxygen atoms in total. The molecule has 6 heteroatoms. The summed E-state index contributed by atoms with van der Waals surface area (Å²) in [6.45, 7) is 0. The fraction of sp³-hybridized carbons (Fsp3) is 0.0526. The third-order valence-corrected chi connectivity index (χ3v) is 4.82. The van der Waals surface area contributed by atoms with Gasteiger partial charge in [-0.25, -0.2) is 0 Å². The highest BCUT2D eigenvalue weighted by atomic mass is 79.9. The molecule has 1 aliphatic rings. The Morgan fingerprint density at radius 2 is 1.80 bits per heavy atom. The summed E-state index contributed by atoms with van der Waals surface area (Å²) >= 11 is 3.47. The van der Waals surface area contributed by atoms with Crippen LogP contribution in [0.5, 0.6) is 0 Å². The van der Waals surface area contributed by atoms with Crippen LogP contribution in [0.25, 0.3) is 22.0 Å². The molecule has 0 aliphatic carbocycles. The molecule has 2 aromatic carbocycles. The van der Waals surface area contributed by atoms with Crippen LogP contribution in [0, 0.1) is 0 Å². The van der Waals surface area contributed by atoms with Gasteiger partial charge in [0.15, 0.2) is 0 Å². The molecule has 0 atom stereocenters. The Morgan fingerprint density at radius 3 is 2.56 bits per heavy atom. The topological polar surface area (TPSA) is 77.1 Å². The van der Waals surface area contributed by atoms with Crippen molar-refractivity contribution in [1.82, 2.24) is 9.88 Å². The largest absolute Gasteiger partial charge is 0.399 e. The van der Waals surface area contributed by atoms with Crippen molar-refractivity contribution in [3.8, 4) is 0 Å². The molecule has 3 aromatic rings. The molecule has 1 aromatic heterocycles. The summed E-state index contributed by atoms with van der Waals surface area (Å²) in [6, 6.07) is 12.9. The zero-order valence-electron chi connectivity index (χ0n) is 13.3. The van der Waals surface area contributed by atoms with E-state index in [-0.39, 0.29) is 0 Å². The molecule has 0 unspecified atom stereocenters. The Labute approximate surface area is 152 Å². The predicted molar refractivity (Wildman–Crippen MR) is 101 cm³/mol. The van der Waals surface area contributed by atoms with Gasteiger partial charge in [0.05, 0.1) is 11.1 Å². The van der Waals surface area contributed by atoms with E-state index >= 15 is 0 Å². The van der Waals surface area contributed by atoms with Gasteiger partial charge < -0.3 is 10.3 Å². The predicted octanol–water partition coefficient (Wildman–Crippen LogP) is 3.09. The highest BCUT2D eigenvalue weighted by molar-refractivity contribution is 9.10. The summed E-state index contributed by atoms with van der Waals surface area (Å²) in [5.41, 5.74) is 9.45. The molecular weight excluding hydrogens is 382 g/mol. The highest BCUT2D eigenvalue weighted by Crippen LogP contribution is 2.36. The minimum Gasteiger partial charge on any atom is -0.399 e. The molecule has 0 spiro atoms. The second kappa shape index (κ2) is 5.60. The van der Waals surface area contributed by atoms with Crippen LogP contribution in [0.4, 0.5) is 5.69 Å². The molecular formula is C19H14BrN3O2. The number of nitrogens with two attached hydrogens (primary N) is 1. The maximum absolute atomic E-state index is 12.5. The number of halogens is 1. The van der Waals surface area contributed by atoms with Gasteiger partial charge in [0.2, 0.25) is 0 Å². The van der Waals surface area contributed by atoms with Crippen molar-refractivity contribution in [2.24, 2.45) is 7.05 Å². The molecule has 4 rings (SSSR count). The Morgan fingerprint density at radius 1 is 1.04 bits per heavy atom. The lowest BCUT2D eigenvalue weighted by Crippen LogP contribution is -2.22. The number of aryl methyl sites for hydroxylation is 1. The molecule has 0 saturated heterocycles. The SMILES string of the molecule is Cn1cc(C2=C(c3cccc(N)c3)C(=O)NC2=O)c2cc(Br)ccc21. The van der Waals surface area contributed by atoms with Gasteiger partial charge in [0.25, 0.3) is 11.8 Å². The van der Waals surface area contributed by atoms with Crippen LogP contribution in [0.2, 0.25) is 0 Å². The van der Waals surface area contributed by atoms with Gasteiger partial charge in [-0.05, 0) is 35.9 Å². The van der Waals surface area contributed by atoms with Crippen molar-refractivity contribution >= 4 is 55.5 Å². The number of amides is 2. The number of benzene rings is 2. The summed E-state index contributed by atoms with van der Waals surface area (Å²) in [7, 11) is 1.91. The summed E-state index contributed by atoms with van der Waals surface area (Å²) in [6.07, 6.45) is 1.87. The lowest BCUT2D eigenvalue weighted by Gasteiger charge is -2.05. The van der Waals surface area contributed by atoms with Gasteiger partial charge in [-0.2, -0.15) is 0 Å². The van der Waals surface area contributed by atoms with Gasteiger partial charge >= 0.3 is 0 Å². The van der Waals surface area contributed by atoms with E-state index in [4.69, 9.17) is 5.73 Å². The van der Waals surface area contributed by atoms with E-state index in [0.29, 0.717) is 22.4 Å². The molecule has 1 aliphatic heterocycles. The van der Waals surface area contributed by atoms with Crippen molar-refractivity contribution in [2.45, 2.75) is 0 Å². The van der Waals surface area contributed by atoms with Gasteiger partial charge in [-0.1, -0.05) is 28.1 Å². The first kappa shape index (κ1) is 15.7. The van der Waals surface area contributed by atoms with Crippen molar-refractivity contribution in [1.29, 1.82) is 0 Å². The van der Waals surface area contributed by atoms with Crippen molar-refractivity contribution < 1.29 is 9.59 Å². The van der Waals surface area contributed by atoms with Crippen LogP contribution >= 0.6 is 15.9 Å². The number of aromatic nitrogens is 1. The molecule has 3 N–H and O–H groups in total. The minimum atomic E-state index is -0.405. The van der Waals surface area contributed by atoms with E-state index < -0.39 is 11.8 Å². The minimum absolute atomic E-state index is 0.352. The van der Waals surface area contributed by atoms with Crippen LogP contribution in [0.3, 0.4) is 0 Å². The Hall–Kier alpha value is -2.86. The van der Waals surface area contributed by atoms with Gasteiger partial charge in [-0.15, -0.1) is 0 Å². The second-order valence-electron chi connectivity index (χ2n) is 5.97. The number of fused-ring (bicyclic) bond motifs is 1. The van der Waals surface area contributed by atoms with Crippen molar-refractivity contribution in [3.05, 3.63) is 64.3 Å². The zero-order valence-corrected chi connectivity index (χ0v) is 14.9. The highest BCUT2D eigenvalue weighted by Gasteiger charge is 2.33. The molecule has 0 fully saturated rings. The summed E-state index contributed by atoms with van der Waals surface area (Å²) in [4.78, 5) is 25.0. The zero-order chi connectivity index (χ0) is 17.7. The second-order valence-corrected chi connectivity index (χ2v) is 6.89. The van der Waals surface area contributed by atoms with Gasteiger partial charge in [0.1, 0.15) is 0 Å². The number of carbonyl (C=O) groups excluding carboxylic acids is 2. The van der Waals surface area contributed by atoms with E-state index in [0.717, 1.165) is 20.9 Å². The first-order valence-corrected chi connectivity index (χ1v) is 8.46. The van der Waals surface area contributed by atoms with Crippen LogP contribution in [0.15, 0.2) is 53.1 Å². The molecule has 25 heavy (non-hydrogen) atoms. The molecule has 2 amide bonds. The maximum Gasteiger partial charge on any atom is 0.259 e. The normalized spacial score (nSPS) is 14.5. The quantitative estimate of drug-likeness (QED) is 0.516. The number of hydrogen-bond acceptors (Lipinski definition) is 3. The van der Waals surface area contributed by atoms with Crippen LogP contribution in [0.1, 0.15) is 11.1 Å². The average molecular weight is 396 g/mol. The smallest absolute Gasteiger partial charge is 0.259 e. The van der Waals surface area contributed by atoms with Gasteiger partial charge in [0, 0.05) is 39.9 Å². The number of hydrogen-bond donors (Lipinski definition) is 2. The number of nitrogens with zero attached hydrogens (tertiary/aromatic N) is 1. The average Bonchev–Trinajstić information content (AvgIpc) is 3.03. The summed E-state index contributed by atoms with van der Waals surface area (Å²) in [5.74, 6) is -0.799. The third kappa shape index (κ3) is 2.46. The Kier molecular flexibility index (Phi) is 3.51. The lowest BCUT2D eigenvalue weighted by atomic mass is 9.96. The fourth-order valence-corrected chi connectivity index (χ4v) is 3.61. The first-order valence-electron chi connectivity index (χ1n) is 7.66. The number of imide groups is 1. The molecule has 0 saturated carbocycles. The maximum atomic E-state index is 12.5. The molecule has 124 valence electrons. The van der Waals surface area contributed by atoms with E-state index in [1.165, 1.54) is 0 Å². The van der Waals surface area contributed by atoms with Crippen molar-refractivity contribution in [3.63, 3.8) is 0 Å². The fourth-order valence-electron chi connectivity index (χ4n) is 3.25. The number of anilines is 1. The van der Waals surface area contributed by atoms with Crippen LogP contribution in [-0.4, -0.2) is 16.4 Å². The number of nitrogens with one attached hydrogen (secondary N) is 1. The number of nitrogen functional groups attached to an aromatic ring is 1. The van der Waals surface area contributed by atoms with Gasteiger partial charge in [-0.3, -0.25) is 14.9 Å². The molecule has 2 heterocycles. The standard InChI is InChI=1S/C19H14BrN3O2/c1-23-9-14(13-8-11(20)5-6-15(13)23)17-16(18(24)22-19(17)25)10-3-2-4-12(21)7-10/h2-9H,21H2,1H3,(H,22,24,25). The first-order chi connectivity index (χ1) is 12.0. The number of carbonyl (C=O) groups is 2. The van der Waals surface area contributed by atoms with Crippen molar-refractivity contribution in [2.75, 3.05) is 5.73 Å². The monoisotopic (exact) mass is 395 g/mol. The lowest BCUT2D eigenvalue weighted by molar-refractivity contribution is -0.122. The van der Waals surface area contributed by atoms with E-state index in [2.05, 4.69) is 21.2 Å². The molecule has 0 bridgehead atoms. The number of rotatable bonds is 2. The Balaban J connectivity index is 2.06. The van der Waals surface area contributed by atoms with E-state index in [9.17, 15) is 9.59 Å².